The third-order valence-corrected chi connectivity index (χ3v) is 8.32. The second-order valence-corrected chi connectivity index (χ2v) is 11.3. The second kappa shape index (κ2) is 7.07. The smallest absolute Gasteiger partial charge is 0.399 e. The van der Waals surface area contributed by atoms with Crippen LogP contribution in [0.3, 0.4) is 0 Å². The van der Waals surface area contributed by atoms with E-state index < -0.39 is 7.12 Å². The number of hydrogen-bond acceptors (Lipinski definition) is 2. The van der Waals surface area contributed by atoms with Crippen LogP contribution >= 0.6 is 0 Å². The molecule has 1 aliphatic carbocycles. The van der Waals surface area contributed by atoms with E-state index in [1.807, 2.05) is 0 Å². The van der Waals surface area contributed by atoms with Gasteiger partial charge in [-0.3, -0.25) is 0 Å². The van der Waals surface area contributed by atoms with Crippen LogP contribution in [-0.2, 0) is 14.7 Å². The third kappa shape index (κ3) is 3.04. The maximum absolute atomic E-state index is 6.52. The molecule has 0 atom stereocenters. The van der Waals surface area contributed by atoms with Crippen LogP contribution in [-0.4, -0.2) is 18.3 Å². The lowest BCUT2D eigenvalue weighted by molar-refractivity contribution is 0.00578. The van der Waals surface area contributed by atoms with E-state index in [0.717, 1.165) is 5.46 Å². The van der Waals surface area contributed by atoms with E-state index >= 15 is 0 Å². The fourth-order valence-corrected chi connectivity index (χ4v) is 5.54. The van der Waals surface area contributed by atoms with Crippen LogP contribution in [0.2, 0.25) is 0 Å². The maximum Gasteiger partial charge on any atom is 0.495 e. The first kappa shape index (κ1) is 21.6. The Morgan fingerprint density at radius 1 is 0.559 bits per heavy atom. The molecule has 2 nitrogen and oxygen atoms in total. The van der Waals surface area contributed by atoms with Crippen molar-refractivity contribution in [1.29, 1.82) is 0 Å². The quantitative estimate of drug-likeness (QED) is 0.306. The van der Waals surface area contributed by atoms with Crippen molar-refractivity contribution in [2.75, 3.05) is 0 Å². The molecule has 0 unspecified atom stereocenters. The predicted octanol–water partition coefficient (Wildman–Crippen LogP) is 7.11. The van der Waals surface area contributed by atoms with Crippen molar-refractivity contribution >= 4 is 23.4 Å². The molecule has 0 aromatic heterocycles. The van der Waals surface area contributed by atoms with E-state index in [1.165, 1.54) is 44.2 Å². The van der Waals surface area contributed by atoms with Gasteiger partial charge in [0.15, 0.2) is 0 Å². The third-order valence-electron chi connectivity index (χ3n) is 8.32. The van der Waals surface area contributed by atoms with Gasteiger partial charge in [-0.15, -0.1) is 0 Å². The van der Waals surface area contributed by atoms with Crippen LogP contribution in [0.4, 0.5) is 0 Å². The van der Waals surface area contributed by atoms with Crippen molar-refractivity contribution in [2.45, 2.75) is 58.2 Å². The van der Waals surface area contributed by atoms with Gasteiger partial charge in [0.25, 0.3) is 0 Å². The Morgan fingerprint density at radius 2 is 1.15 bits per heavy atom. The zero-order valence-electron chi connectivity index (χ0n) is 20.9. The van der Waals surface area contributed by atoms with Crippen LogP contribution in [0.25, 0.3) is 33.0 Å². The molecule has 0 N–H and O–H groups in total. The summed E-state index contributed by atoms with van der Waals surface area (Å²) in [5, 5.41) is 2.42. The average molecular weight is 446 g/mol. The molecule has 0 spiro atoms. The lowest BCUT2D eigenvalue weighted by Gasteiger charge is -2.32. The average Bonchev–Trinajstić information content (AvgIpc) is 3.18. The van der Waals surface area contributed by atoms with Gasteiger partial charge in [-0.05, 0) is 89.4 Å². The van der Waals surface area contributed by atoms with Crippen molar-refractivity contribution in [3.05, 3.63) is 90.0 Å². The maximum atomic E-state index is 6.52. The van der Waals surface area contributed by atoms with E-state index in [2.05, 4.69) is 120 Å². The first-order valence-electron chi connectivity index (χ1n) is 12.2. The van der Waals surface area contributed by atoms with Gasteiger partial charge in [-0.1, -0.05) is 80.6 Å². The zero-order chi connectivity index (χ0) is 23.9. The topological polar surface area (TPSA) is 18.5 Å². The van der Waals surface area contributed by atoms with E-state index in [9.17, 15) is 0 Å². The first-order valence-corrected chi connectivity index (χ1v) is 12.2. The molecule has 1 saturated heterocycles. The number of fused-ring (bicyclic) bond motifs is 4. The molecular formula is C31H31BO2. The van der Waals surface area contributed by atoms with Gasteiger partial charge in [0.1, 0.15) is 0 Å². The number of hydrogen-bond donors (Lipinski definition) is 0. The highest BCUT2D eigenvalue weighted by atomic mass is 16.7. The molecule has 0 saturated carbocycles. The predicted molar refractivity (Wildman–Crippen MR) is 143 cm³/mol. The minimum absolute atomic E-state index is 0.0384. The summed E-state index contributed by atoms with van der Waals surface area (Å²) in [6.45, 7) is 13.1. The van der Waals surface area contributed by atoms with Crippen molar-refractivity contribution < 1.29 is 9.31 Å². The highest BCUT2D eigenvalue weighted by Crippen LogP contribution is 2.49. The minimum atomic E-state index is -0.414. The lowest BCUT2D eigenvalue weighted by atomic mass is 9.72. The van der Waals surface area contributed by atoms with Gasteiger partial charge in [-0.25, -0.2) is 0 Å². The lowest BCUT2D eigenvalue weighted by Crippen LogP contribution is -2.41. The molecule has 1 heterocycles. The molecule has 2 aliphatic rings. The summed E-state index contributed by atoms with van der Waals surface area (Å²) in [6, 6.07) is 28.8. The van der Waals surface area contributed by atoms with Crippen molar-refractivity contribution in [2.24, 2.45) is 0 Å². The first-order chi connectivity index (χ1) is 16.1. The molecule has 170 valence electrons. The van der Waals surface area contributed by atoms with E-state index in [0.29, 0.717) is 0 Å². The second-order valence-electron chi connectivity index (χ2n) is 11.3. The Hall–Kier alpha value is -2.88. The summed E-state index contributed by atoms with van der Waals surface area (Å²) in [5.74, 6) is 0. The summed E-state index contributed by atoms with van der Waals surface area (Å²) < 4.78 is 13.0. The molecule has 4 aromatic rings. The van der Waals surface area contributed by atoms with E-state index in [-0.39, 0.29) is 16.6 Å². The Labute approximate surface area is 203 Å². The molecule has 6 rings (SSSR count). The Balaban J connectivity index is 1.55. The van der Waals surface area contributed by atoms with E-state index in [4.69, 9.17) is 9.31 Å². The standard InChI is InChI=1S/C31H31BO2/c1-29(2)26-14-10-9-13-23(26)24-16-15-22(18-27(24)29)25-17-20-11-7-8-12-21(20)19-28(25)32-33-30(3,4)31(5,6)34-32/h7-19H,1-6H3. The number of rotatable bonds is 2. The zero-order valence-corrected chi connectivity index (χ0v) is 20.9. The monoisotopic (exact) mass is 446 g/mol. The van der Waals surface area contributed by atoms with Crippen molar-refractivity contribution in [1.82, 2.24) is 0 Å². The van der Waals surface area contributed by atoms with Gasteiger partial charge in [0.2, 0.25) is 0 Å². The fourth-order valence-electron chi connectivity index (χ4n) is 5.54. The summed E-state index contributed by atoms with van der Waals surface area (Å²) in [7, 11) is -0.414. The van der Waals surface area contributed by atoms with Gasteiger partial charge < -0.3 is 9.31 Å². The SMILES string of the molecule is CC1(C)c2ccccc2-c2ccc(-c3cc4ccccc4cc3B3OC(C)(C)C(C)(C)O3)cc21. The molecule has 1 aliphatic heterocycles. The van der Waals surface area contributed by atoms with E-state index in [1.54, 1.807) is 0 Å². The van der Waals surface area contributed by atoms with Gasteiger partial charge in [0.05, 0.1) is 11.2 Å². The minimum Gasteiger partial charge on any atom is -0.399 e. The normalized spacial score (nSPS) is 19.3. The van der Waals surface area contributed by atoms with Crippen LogP contribution in [0.15, 0.2) is 78.9 Å². The molecular weight excluding hydrogens is 415 g/mol. The molecule has 4 aromatic carbocycles. The van der Waals surface area contributed by atoms with Crippen LogP contribution in [0.5, 0.6) is 0 Å². The summed E-state index contributed by atoms with van der Waals surface area (Å²) in [6.07, 6.45) is 0. The largest absolute Gasteiger partial charge is 0.495 e. The van der Waals surface area contributed by atoms with Gasteiger partial charge in [0, 0.05) is 5.41 Å². The molecule has 34 heavy (non-hydrogen) atoms. The van der Waals surface area contributed by atoms with Crippen molar-refractivity contribution in [3.63, 3.8) is 0 Å². The Kier molecular flexibility index (Phi) is 4.50. The van der Waals surface area contributed by atoms with Crippen LogP contribution < -0.4 is 5.46 Å². The summed E-state index contributed by atoms with van der Waals surface area (Å²) >= 11 is 0. The summed E-state index contributed by atoms with van der Waals surface area (Å²) in [4.78, 5) is 0. The van der Waals surface area contributed by atoms with Crippen molar-refractivity contribution in [3.8, 4) is 22.3 Å². The molecule has 0 radical (unpaired) electrons. The van der Waals surface area contributed by atoms with Crippen LogP contribution in [0.1, 0.15) is 52.7 Å². The Morgan fingerprint density at radius 3 is 1.85 bits per heavy atom. The van der Waals surface area contributed by atoms with Gasteiger partial charge >= 0.3 is 7.12 Å². The molecule has 0 amide bonds. The molecule has 3 heteroatoms. The fraction of sp³-hybridized carbons (Fsp3) is 0.290. The van der Waals surface area contributed by atoms with Crippen LogP contribution in [0, 0.1) is 0 Å². The number of benzene rings is 4. The molecule has 0 bridgehead atoms. The highest BCUT2D eigenvalue weighted by molar-refractivity contribution is 6.64. The highest BCUT2D eigenvalue weighted by Gasteiger charge is 2.52. The molecule has 1 fully saturated rings. The van der Waals surface area contributed by atoms with Gasteiger partial charge in [-0.2, -0.15) is 0 Å². The Bertz CT molecular complexity index is 1430. The summed E-state index contributed by atoms with van der Waals surface area (Å²) in [5.41, 5.74) is 8.10.